The van der Waals surface area contributed by atoms with Gasteiger partial charge in [0.1, 0.15) is 11.6 Å². The van der Waals surface area contributed by atoms with Crippen molar-refractivity contribution >= 4 is 32.6 Å². The molecule has 0 aliphatic carbocycles. The molecule has 5 nitrogen and oxygen atoms in total. The van der Waals surface area contributed by atoms with Crippen LogP contribution in [-0.4, -0.2) is 34.0 Å². The average Bonchev–Trinajstić information content (AvgIpc) is 3.09. The van der Waals surface area contributed by atoms with Crippen molar-refractivity contribution in [1.82, 2.24) is 14.5 Å². The van der Waals surface area contributed by atoms with Crippen LogP contribution < -0.4 is 4.74 Å². The zero-order valence-electron chi connectivity index (χ0n) is 13.9. The predicted molar refractivity (Wildman–Crippen MR) is 97.1 cm³/mol. The molecular weight excluding hydrogens is 408 g/mol. The van der Waals surface area contributed by atoms with Gasteiger partial charge in [0.25, 0.3) is 5.91 Å². The van der Waals surface area contributed by atoms with Crippen LogP contribution in [0.1, 0.15) is 12.4 Å². The Bertz CT molecular complexity index is 930. The molecule has 0 saturated heterocycles. The number of imidazole rings is 1. The number of nitrogens with zero attached hydrogens (tertiary/aromatic N) is 3. The van der Waals surface area contributed by atoms with E-state index in [1.807, 2.05) is 30.3 Å². The molecule has 3 aromatic rings. The fraction of sp³-hybridized carbons (Fsp3) is 0.222. The summed E-state index contributed by atoms with van der Waals surface area (Å²) < 4.78 is 32.8. The molecule has 0 aliphatic heterocycles. The van der Waals surface area contributed by atoms with Crippen LogP contribution in [0.4, 0.5) is 8.78 Å². The number of fused-ring (bicyclic) bond motifs is 1. The van der Waals surface area contributed by atoms with Crippen LogP contribution in [0.3, 0.4) is 0 Å². The van der Waals surface area contributed by atoms with Gasteiger partial charge in [0.15, 0.2) is 6.61 Å². The molecule has 8 heteroatoms. The minimum Gasteiger partial charge on any atom is -0.483 e. The van der Waals surface area contributed by atoms with E-state index >= 15 is 0 Å². The third-order valence-corrected chi connectivity index (χ3v) is 4.76. The number of alkyl halides is 2. The zero-order chi connectivity index (χ0) is 18.7. The van der Waals surface area contributed by atoms with Gasteiger partial charge in [0.2, 0.25) is 0 Å². The van der Waals surface area contributed by atoms with Crippen molar-refractivity contribution in [3.8, 4) is 5.75 Å². The summed E-state index contributed by atoms with van der Waals surface area (Å²) >= 11 is 3.50. The first-order chi connectivity index (χ1) is 12.5. The molecule has 136 valence electrons. The van der Waals surface area contributed by atoms with E-state index in [-0.39, 0.29) is 24.9 Å². The third kappa shape index (κ3) is 3.85. The molecule has 0 atom stereocenters. The van der Waals surface area contributed by atoms with E-state index < -0.39 is 6.55 Å². The van der Waals surface area contributed by atoms with Crippen LogP contribution in [0, 0.1) is 0 Å². The van der Waals surface area contributed by atoms with Crippen molar-refractivity contribution in [2.24, 2.45) is 0 Å². The lowest BCUT2D eigenvalue weighted by Crippen LogP contribution is -2.32. The number of hydrogen-bond donors (Lipinski definition) is 0. The molecule has 0 bridgehead atoms. The zero-order valence-corrected chi connectivity index (χ0v) is 15.5. The lowest BCUT2D eigenvalue weighted by atomic mass is 10.1. The second-order valence-electron chi connectivity index (χ2n) is 5.67. The highest BCUT2D eigenvalue weighted by Gasteiger charge is 2.17. The van der Waals surface area contributed by atoms with E-state index in [0.717, 1.165) is 19.8 Å². The van der Waals surface area contributed by atoms with Crippen molar-refractivity contribution in [2.45, 2.75) is 13.1 Å². The molecule has 0 N–H and O–H groups in total. The summed E-state index contributed by atoms with van der Waals surface area (Å²) in [6.45, 7) is -2.93. The van der Waals surface area contributed by atoms with Crippen molar-refractivity contribution in [3.05, 3.63) is 59.1 Å². The summed E-state index contributed by atoms with van der Waals surface area (Å²) in [5.74, 6) is 0.316. The molecule has 3 rings (SSSR count). The van der Waals surface area contributed by atoms with E-state index in [1.165, 1.54) is 24.3 Å². The fourth-order valence-corrected chi connectivity index (χ4v) is 3.13. The number of amides is 1. The van der Waals surface area contributed by atoms with Gasteiger partial charge in [-0.3, -0.25) is 9.36 Å². The molecule has 0 spiro atoms. The molecule has 26 heavy (non-hydrogen) atoms. The van der Waals surface area contributed by atoms with Crippen LogP contribution in [-0.2, 0) is 11.3 Å². The van der Waals surface area contributed by atoms with Gasteiger partial charge >= 0.3 is 6.55 Å². The normalized spacial score (nSPS) is 11.1. The summed E-state index contributed by atoms with van der Waals surface area (Å²) in [5.41, 5.74) is 0. The Labute approximate surface area is 157 Å². The van der Waals surface area contributed by atoms with Crippen LogP contribution in [0.5, 0.6) is 5.75 Å². The number of likely N-dealkylation sites (N-methyl/N-ethyl adjacent to an activating group) is 1. The smallest absolute Gasteiger partial charge is 0.319 e. The second kappa shape index (κ2) is 7.82. The SMILES string of the molecule is CN(Cc1nccn1C(F)F)C(=O)COc1ccc2ccccc2c1Br. The minimum absolute atomic E-state index is 0.0293. The highest BCUT2D eigenvalue weighted by Crippen LogP contribution is 2.33. The highest BCUT2D eigenvalue weighted by atomic mass is 79.9. The molecule has 0 saturated carbocycles. The van der Waals surface area contributed by atoms with Crippen LogP contribution in [0.25, 0.3) is 10.8 Å². The van der Waals surface area contributed by atoms with E-state index in [9.17, 15) is 13.6 Å². The summed E-state index contributed by atoms with van der Waals surface area (Å²) in [4.78, 5) is 17.4. The third-order valence-electron chi connectivity index (χ3n) is 3.94. The standard InChI is InChI=1S/C18H16BrF2N3O2/c1-23(10-15-22-8-9-24(15)18(20)21)16(25)11-26-14-7-6-12-4-2-3-5-13(12)17(14)19/h2-9,18H,10-11H2,1H3. The first-order valence-corrected chi connectivity index (χ1v) is 8.60. The summed E-state index contributed by atoms with van der Waals surface area (Å²) in [6, 6.07) is 11.5. The molecule has 1 aromatic heterocycles. The second-order valence-corrected chi connectivity index (χ2v) is 6.46. The Morgan fingerprint density at radius 3 is 2.85 bits per heavy atom. The predicted octanol–water partition coefficient (Wildman–Crippen LogP) is 4.23. The van der Waals surface area contributed by atoms with Crippen molar-refractivity contribution < 1.29 is 18.3 Å². The van der Waals surface area contributed by atoms with Crippen molar-refractivity contribution in [1.29, 1.82) is 0 Å². The number of benzene rings is 2. The topological polar surface area (TPSA) is 47.4 Å². The van der Waals surface area contributed by atoms with Gasteiger partial charge in [-0.25, -0.2) is 4.98 Å². The van der Waals surface area contributed by atoms with Crippen LogP contribution in [0.15, 0.2) is 53.3 Å². The number of aromatic nitrogens is 2. The largest absolute Gasteiger partial charge is 0.483 e. The maximum Gasteiger partial charge on any atom is 0.319 e. The number of rotatable bonds is 6. The van der Waals surface area contributed by atoms with Gasteiger partial charge in [0, 0.05) is 19.4 Å². The molecule has 0 radical (unpaired) electrons. The van der Waals surface area contributed by atoms with Gasteiger partial charge < -0.3 is 9.64 Å². The van der Waals surface area contributed by atoms with E-state index in [4.69, 9.17) is 4.74 Å². The Hall–Kier alpha value is -2.48. The highest BCUT2D eigenvalue weighted by molar-refractivity contribution is 9.10. The van der Waals surface area contributed by atoms with Gasteiger partial charge in [-0.2, -0.15) is 8.78 Å². The number of carbonyl (C=O) groups is 1. The molecule has 0 fully saturated rings. The Kier molecular flexibility index (Phi) is 5.51. The first kappa shape index (κ1) is 18.3. The maximum atomic E-state index is 12.8. The molecule has 1 heterocycles. The van der Waals surface area contributed by atoms with Crippen LogP contribution in [0.2, 0.25) is 0 Å². The molecule has 0 aliphatic rings. The number of hydrogen-bond acceptors (Lipinski definition) is 3. The summed E-state index contributed by atoms with van der Waals surface area (Å²) in [5, 5.41) is 2.03. The number of ether oxygens (including phenoxy) is 1. The van der Waals surface area contributed by atoms with E-state index in [0.29, 0.717) is 5.75 Å². The van der Waals surface area contributed by atoms with Crippen molar-refractivity contribution in [3.63, 3.8) is 0 Å². The Balaban J connectivity index is 1.65. The average molecular weight is 424 g/mol. The number of halogens is 3. The van der Waals surface area contributed by atoms with Crippen molar-refractivity contribution in [2.75, 3.05) is 13.7 Å². The van der Waals surface area contributed by atoms with E-state index in [1.54, 1.807) is 6.07 Å². The summed E-state index contributed by atoms with van der Waals surface area (Å²) in [7, 11) is 1.52. The lowest BCUT2D eigenvalue weighted by molar-refractivity contribution is -0.132. The van der Waals surface area contributed by atoms with Gasteiger partial charge in [-0.05, 0) is 32.8 Å². The lowest BCUT2D eigenvalue weighted by Gasteiger charge is -2.18. The molecule has 2 aromatic carbocycles. The molecular formula is C18H16BrF2N3O2. The maximum absolute atomic E-state index is 12.8. The minimum atomic E-state index is -2.69. The first-order valence-electron chi connectivity index (χ1n) is 7.81. The fourth-order valence-electron chi connectivity index (χ4n) is 2.52. The Morgan fingerprint density at radius 2 is 2.08 bits per heavy atom. The molecule has 1 amide bonds. The van der Waals surface area contributed by atoms with Gasteiger partial charge in [-0.15, -0.1) is 0 Å². The van der Waals surface area contributed by atoms with Gasteiger partial charge in [-0.1, -0.05) is 30.3 Å². The summed E-state index contributed by atoms with van der Waals surface area (Å²) in [6.07, 6.45) is 2.46. The number of carbonyl (C=O) groups excluding carboxylic acids is 1. The quantitative estimate of drug-likeness (QED) is 0.595. The van der Waals surface area contributed by atoms with Gasteiger partial charge in [0.05, 0.1) is 11.0 Å². The van der Waals surface area contributed by atoms with E-state index in [2.05, 4.69) is 20.9 Å². The van der Waals surface area contributed by atoms with Crippen LogP contribution >= 0.6 is 15.9 Å². The monoisotopic (exact) mass is 423 g/mol. The Morgan fingerprint density at radius 1 is 1.31 bits per heavy atom. The molecule has 0 unspecified atom stereocenters.